The lowest BCUT2D eigenvalue weighted by Gasteiger charge is -2.45. The van der Waals surface area contributed by atoms with E-state index in [2.05, 4.69) is 44.1 Å². The fourth-order valence-electron chi connectivity index (χ4n) is 4.89. The van der Waals surface area contributed by atoms with Gasteiger partial charge in [0.15, 0.2) is 0 Å². The zero-order valence-electron chi connectivity index (χ0n) is 21.2. The van der Waals surface area contributed by atoms with E-state index in [1.54, 1.807) is 24.3 Å². The number of nitrogens with one attached hydrogen (secondary N) is 1. The molecule has 0 spiro atoms. The number of carbonyl (C=O) groups is 3. The third-order valence-electron chi connectivity index (χ3n) is 7.05. The van der Waals surface area contributed by atoms with E-state index in [-0.39, 0.29) is 22.5 Å². The monoisotopic (exact) mass is 477 g/mol. The van der Waals surface area contributed by atoms with Crippen molar-refractivity contribution in [2.45, 2.75) is 45.6 Å². The Bertz CT molecular complexity index is 1260. The molecular formula is C27H31N3O5. The van der Waals surface area contributed by atoms with Gasteiger partial charge in [0.05, 0.1) is 19.9 Å². The summed E-state index contributed by atoms with van der Waals surface area (Å²) < 4.78 is 10.6. The second-order valence-corrected chi connectivity index (χ2v) is 9.74. The highest BCUT2D eigenvalue weighted by atomic mass is 16.5. The maximum Gasteiger partial charge on any atom is 0.336 e. The first-order chi connectivity index (χ1) is 16.5. The van der Waals surface area contributed by atoms with Crippen molar-refractivity contribution < 1.29 is 23.9 Å². The first-order valence-electron chi connectivity index (χ1n) is 11.5. The number of barbiturate groups is 1. The number of nitrogens with zero attached hydrogens (tertiary/aromatic N) is 2. The molecule has 2 aromatic rings. The van der Waals surface area contributed by atoms with Gasteiger partial charge in [0.2, 0.25) is 0 Å². The van der Waals surface area contributed by atoms with E-state index in [1.165, 1.54) is 14.2 Å². The summed E-state index contributed by atoms with van der Waals surface area (Å²) in [5.74, 6) is -0.357. The number of aryl methyl sites for hydroxylation is 1. The highest BCUT2D eigenvalue weighted by Crippen LogP contribution is 2.44. The van der Waals surface area contributed by atoms with Crippen LogP contribution < -0.4 is 24.6 Å². The molecule has 1 unspecified atom stereocenters. The number of benzene rings is 2. The van der Waals surface area contributed by atoms with Crippen LogP contribution in [-0.2, 0) is 9.59 Å². The molecule has 184 valence electrons. The molecule has 4 rings (SSSR count). The maximum atomic E-state index is 13.5. The van der Waals surface area contributed by atoms with E-state index in [9.17, 15) is 14.4 Å². The molecule has 2 aromatic carbocycles. The Morgan fingerprint density at radius 3 is 2.43 bits per heavy atom. The standard InChI is InChI=1S/C27H31N3O5/c1-15-10-22-19(16(2)14-27(3,4)29(22)5)11-17(15)12-20-24(31)28-26(33)30(25(20)32)21-9-8-18(34-6)13-23(21)35-7/h8-13,16H,14H2,1-7H3,(H,28,31,33)/b20-12-. The largest absolute Gasteiger partial charge is 0.497 e. The SMILES string of the molecule is COc1ccc(N2C(=O)NC(=O)/C(=C/c3cc4c(cc3C)N(C)C(C)(C)CC4C)C2=O)c(OC)c1. The minimum Gasteiger partial charge on any atom is -0.497 e. The number of imide groups is 2. The molecule has 8 heteroatoms. The number of ether oxygens (including phenoxy) is 2. The number of anilines is 2. The zero-order chi connectivity index (χ0) is 25.7. The number of hydrogen-bond donors (Lipinski definition) is 1. The first-order valence-corrected chi connectivity index (χ1v) is 11.5. The number of carbonyl (C=O) groups excluding carboxylic acids is 3. The summed E-state index contributed by atoms with van der Waals surface area (Å²) in [6.07, 6.45) is 2.55. The summed E-state index contributed by atoms with van der Waals surface area (Å²) in [4.78, 5) is 42.1. The second kappa shape index (κ2) is 8.76. The predicted octanol–water partition coefficient (Wildman–Crippen LogP) is 4.40. The van der Waals surface area contributed by atoms with Gasteiger partial charge in [-0.3, -0.25) is 14.9 Å². The van der Waals surface area contributed by atoms with Gasteiger partial charge >= 0.3 is 6.03 Å². The summed E-state index contributed by atoms with van der Waals surface area (Å²) in [7, 11) is 5.03. The smallest absolute Gasteiger partial charge is 0.336 e. The summed E-state index contributed by atoms with van der Waals surface area (Å²) >= 11 is 0. The van der Waals surface area contributed by atoms with Gasteiger partial charge < -0.3 is 14.4 Å². The minimum absolute atomic E-state index is 0.0241. The average Bonchev–Trinajstić information content (AvgIpc) is 2.80. The Hall–Kier alpha value is -3.81. The maximum absolute atomic E-state index is 13.5. The van der Waals surface area contributed by atoms with Crippen molar-refractivity contribution in [3.8, 4) is 11.5 Å². The Morgan fingerprint density at radius 2 is 1.77 bits per heavy atom. The molecule has 2 heterocycles. The molecule has 1 fully saturated rings. The van der Waals surface area contributed by atoms with Gasteiger partial charge in [0.1, 0.15) is 17.1 Å². The number of fused-ring (bicyclic) bond motifs is 1. The fourth-order valence-corrected chi connectivity index (χ4v) is 4.89. The number of urea groups is 1. The lowest BCUT2D eigenvalue weighted by molar-refractivity contribution is -0.122. The molecule has 0 saturated carbocycles. The van der Waals surface area contributed by atoms with E-state index < -0.39 is 17.8 Å². The summed E-state index contributed by atoms with van der Waals surface area (Å²) in [6, 6.07) is 8.04. The molecule has 0 radical (unpaired) electrons. The second-order valence-electron chi connectivity index (χ2n) is 9.74. The Morgan fingerprint density at radius 1 is 1.06 bits per heavy atom. The van der Waals surface area contributed by atoms with Crippen LogP contribution in [0.1, 0.15) is 49.8 Å². The highest BCUT2D eigenvalue weighted by molar-refractivity contribution is 6.39. The van der Waals surface area contributed by atoms with Crippen LogP contribution in [0.2, 0.25) is 0 Å². The van der Waals surface area contributed by atoms with Crippen molar-refractivity contribution in [3.05, 3.63) is 52.6 Å². The van der Waals surface area contributed by atoms with Crippen LogP contribution in [-0.4, -0.2) is 44.7 Å². The van der Waals surface area contributed by atoms with Gasteiger partial charge in [0, 0.05) is 24.3 Å². The number of methoxy groups -OCH3 is 2. The Kier molecular flexibility index (Phi) is 6.09. The fraction of sp³-hybridized carbons (Fsp3) is 0.370. The number of amides is 4. The van der Waals surface area contributed by atoms with E-state index in [0.29, 0.717) is 11.7 Å². The van der Waals surface area contributed by atoms with E-state index in [4.69, 9.17) is 9.47 Å². The molecular weight excluding hydrogens is 446 g/mol. The molecule has 1 saturated heterocycles. The van der Waals surface area contributed by atoms with Crippen molar-refractivity contribution in [3.63, 3.8) is 0 Å². The normalized spacial score (nSPS) is 20.6. The predicted molar refractivity (Wildman–Crippen MR) is 135 cm³/mol. The summed E-state index contributed by atoms with van der Waals surface area (Å²) in [5.41, 5.74) is 4.12. The van der Waals surface area contributed by atoms with Crippen LogP contribution in [0.4, 0.5) is 16.2 Å². The van der Waals surface area contributed by atoms with Gasteiger partial charge in [0.25, 0.3) is 11.8 Å². The molecule has 0 bridgehead atoms. The number of rotatable bonds is 4. The first kappa shape index (κ1) is 24.3. The summed E-state index contributed by atoms with van der Waals surface area (Å²) in [5, 5.41) is 2.28. The van der Waals surface area contributed by atoms with Gasteiger partial charge in [-0.15, -0.1) is 0 Å². The molecule has 2 aliphatic rings. The van der Waals surface area contributed by atoms with Crippen molar-refractivity contribution in [1.82, 2.24) is 5.32 Å². The molecule has 35 heavy (non-hydrogen) atoms. The van der Waals surface area contributed by atoms with Crippen LogP contribution in [0, 0.1) is 6.92 Å². The van der Waals surface area contributed by atoms with Crippen LogP contribution in [0.3, 0.4) is 0 Å². The van der Waals surface area contributed by atoms with E-state index >= 15 is 0 Å². The quantitative estimate of drug-likeness (QED) is 0.519. The molecule has 8 nitrogen and oxygen atoms in total. The Labute approximate surface area is 205 Å². The highest BCUT2D eigenvalue weighted by Gasteiger charge is 2.39. The van der Waals surface area contributed by atoms with Crippen LogP contribution >= 0.6 is 0 Å². The van der Waals surface area contributed by atoms with Crippen molar-refractivity contribution in [1.29, 1.82) is 0 Å². The average molecular weight is 478 g/mol. The van der Waals surface area contributed by atoms with E-state index in [1.807, 2.05) is 13.0 Å². The number of hydrogen-bond acceptors (Lipinski definition) is 6. The van der Waals surface area contributed by atoms with Crippen LogP contribution in [0.5, 0.6) is 11.5 Å². The third-order valence-corrected chi connectivity index (χ3v) is 7.05. The molecule has 1 N–H and O–H groups in total. The molecule has 1 atom stereocenters. The van der Waals surface area contributed by atoms with Crippen molar-refractivity contribution in [2.24, 2.45) is 0 Å². The topological polar surface area (TPSA) is 88.2 Å². The van der Waals surface area contributed by atoms with Crippen LogP contribution in [0.15, 0.2) is 35.9 Å². The third kappa shape index (κ3) is 4.13. The van der Waals surface area contributed by atoms with E-state index in [0.717, 1.165) is 33.7 Å². The lowest BCUT2D eigenvalue weighted by atomic mass is 9.79. The van der Waals surface area contributed by atoms with Gasteiger partial charge in [-0.2, -0.15) is 0 Å². The minimum atomic E-state index is -0.833. The van der Waals surface area contributed by atoms with Crippen molar-refractivity contribution in [2.75, 3.05) is 31.1 Å². The zero-order valence-corrected chi connectivity index (χ0v) is 21.2. The molecule has 4 amide bonds. The van der Waals surface area contributed by atoms with Gasteiger partial charge in [-0.25, -0.2) is 9.69 Å². The Balaban J connectivity index is 1.78. The van der Waals surface area contributed by atoms with Crippen molar-refractivity contribution >= 4 is 35.3 Å². The molecule has 0 aliphatic carbocycles. The van der Waals surface area contributed by atoms with Gasteiger partial charge in [-0.05, 0) is 80.1 Å². The lowest BCUT2D eigenvalue weighted by Crippen LogP contribution is -2.54. The van der Waals surface area contributed by atoms with Gasteiger partial charge in [-0.1, -0.05) is 6.92 Å². The molecule has 2 aliphatic heterocycles. The molecule has 0 aromatic heterocycles. The van der Waals surface area contributed by atoms with Crippen LogP contribution in [0.25, 0.3) is 6.08 Å². The summed E-state index contributed by atoms with van der Waals surface area (Å²) in [6.45, 7) is 8.59.